The van der Waals surface area contributed by atoms with Gasteiger partial charge in [0.2, 0.25) is 0 Å². The van der Waals surface area contributed by atoms with Gasteiger partial charge < -0.3 is 9.32 Å². The Balaban J connectivity index is 1.47. The average Bonchev–Trinajstić information content (AvgIpc) is 3.30. The predicted molar refractivity (Wildman–Crippen MR) is 89.3 cm³/mol. The van der Waals surface area contributed by atoms with Crippen LogP contribution >= 0.6 is 11.3 Å². The zero-order valence-corrected chi connectivity index (χ0v) is 13.8. The number of hydrogen-bond acceptors (Lipinski definition) is 7. The third-order valence-electron chi connectivity index (χ3n) is 3.77. The normalized spacial score (nSPS) is 13.4. The highest BCUT2D eigenvalue weighted by molar-refractivity contribution is 7.15. The molecule has 3 aromatic rings. The predicted octanol–water partition coefficient (Wildman–Crippen LogP) is 1.98. The minimum atomic E-state index is -0.359. The number of hydrogen-bond donors (Lipinski definition) is 1. The van der Waals surface area contributed by atoms with Crippen molar-refractivity contribution >= 4 is 28.3 Å². The SMILES string of the molecule is O=C(Nc1nc2c(s1)CN(C(=O)c1ccco1)CC2)c1cnccn1. The summed E-state index contributed by atoms with van der Waals surface area (Å²) in [4.78, 5) is 39.5. The molecule has 4 rings (SSSR count). The summed E-state index contributed by atoms with van der Waals surface area (Å²) in [7, 11) is 0. The first-order valence-corrected chi connectivity index (χ1v) is 8.41. The number of nitrogens with zero attached hydrogens (tertiary/aromatic N) is 4. The van der Waals surface area contributed by atoms with Crippen molar-refractivity contribution in [2.45, 2.75) is 13.0 Å². The maximum atomic E-state index is 12.4. The van der Waals surface area contributed by atoms with Gasteiger partial charge in [-0.2, -0.15) is 0 Å². The van der Waals surface area contributed by atoms with Crippen LogP contribution in [0.25, 0.3) is 0 Å². The van der Waals surface area contributed by atoms with E-state index in [4.69, 9.17) is 4.42 Å². The molecule has 4 heterocycles. The molecule has 0 spiro atoms. The molecule has 1 aliphatic rings. The van der Waals surface area contributed by atoms with Gasteiger partial charge in [-0.1, -0.05) is 11.3 Å². The summed E-state index contributed by atoms with van der Waals surface area (Å²) in [5.41, 5.74) is 1.13. The molecule has 8 nitrogen and oxygen atoms in total. The smallest absolute Gasteiger partial charge is 0.289 e. The number of rotatable bonds is 3. The number of thiazole rings is 1. The fraction of sp³-hybridized carbons (Fsp3) is 0.188. The second-order valence-electron chi connectivity index (χ2n) is 5.39. The number of carbonyl (C=O) groups is 2. The molecule has 0 fully saturated rings. The van der Waals surface area contributed by atoms with Crippen molar-refractivity contribution in [2.75, 3.05) is 11.9 Å². The Hall–Kier alpha value is -3.07. The standard InChI is InChI=1S/C16H13N5O3S/c22-14(11-8-17-4-5-18-11)20-16-19-10-3-6-21(9-13(10)25-16)15(23)12-2-1-7-24-12/h1-2,4-5,7-8H,3,6,9H2,(H,19,20,22). The minimum absolute atomic E-state index is 0.144. The monoisotopic (exact) mass is 355 g/mol. The molecular weight excluding hydrogens is 342 g/mol. The van der Waals surface area contributed by atoms with Crippen LogP contribution in [0.15, 0.2) is 41.4 Å². The Morgan fingerprint density at radius 3 is 3.00 bits per heavy atom. The quantitative estimate of drug-likeness (QED) is 0.771. The lowest BCUT2D eigenvalue weighted by Crippen LogP contribution is -2.35. The number of furan rings is 1. The van der Waals surface area contributed by atoms with Gasteiger partial charge in [-0.05, 0) is 12.1 Å². The summed E-state index contributed by atoms with van der Waals surface area (Å²) in [6.07, 6.45) is 6.48. The van der Waals surface area contributed by atoms with Crippen LogP contribution in [0.4, 0.5) is 5.13 Å². The van der Waals surface area contributed by atoms with Crippen LogP contribution in [-0.4, -0.2) is 38.2 Å². The summed E-state index contributed by atoms with van der Waals surface area (Å²) in [6.45, 7) is 1.02. The molecule has 0 bridgehead atoms. The van der Waals surface area contributed by atoms with E-state index in [0.29, 0.717) is 30.4 Å². The van der Waals surface area contributed by atoms with Crippen molar-refractivity contribution < 1.29 is 14.0 Å². The van der Waals surface area contributed by atoms with Crippen molar-refractivity contribution in [2.24, 2.45) is 0 Å². The van der Waals surface area contributed by atoms with Gasteiger partial charge in [0.25, 0.3) is 11.8 Å². The molecule has 126 valence electrons. The molecule has 0 atom stereocenters. The van der Waals surface area contributed by atoms with Crippen LogP contribution in [-0.2, 0) is 13.0 Å². The van der Waals surface area contributed by atoms with Gasteiger partial charge in [0, 0.05) is 30.2 Å². The van der Waals surface area contributed by atoms with Gasteiger partial charge >= 0.3 is 0 Å². The highest BCUT2D eigenvalue weighted by Crippen LogP contribution is 2.29. The highest BCUT2D eigenvalue weighted by Gasteiger charge is 2.26. The van der Waals surface area contributed by atoms with E-state index in [1.54, 1.807) is 17.0 Å². The first-order chi connectivity index (χ1) is 12.2. The third kappa shape index (κ3) is 3.13. The van der Waals surface area contributed by atoms with Crippen molar-refractivity contribution in [3.63, 3.8) is 0 Å². The summed E-state index contributed by atoms with van der Waals surface area (Å²) >= 11 is 1.36. The molecule has 0 unspecified atom stereocenters. The molecule has 0 aromatic carbocycles. The van der Waals surface area contributed by atoms with Crippen LogP contribution < -0.4 is 5.32 Å². The summed E-state index contributed by atoms with van der Waals surface area (Å²) in [5, 5.41) is 3.22. The molecule has 0 radical (unpaired) electrons. The molecule has 25 heavy (non-hydrogen) atoms. The maximum absolute atomic E-state index is 12.4. The molecule has 0 aliphatic carbocycles. The molecule has 1 aliphatic heterocycles. The van der Waals surface area contributed by atoms with Crippen molar-refractivity contribution in [1.29, 1.82) is 0 Å². The summed E-state index contributed by atoms with van der Waals surface area (Å²) < 4.78 is 5.17. The van der Waals surface area contributed by atoms with E-state index in [1.807, 2.05) is 0 Å². The van der Waals surface area contributed by atoms with Crippen LogP contribution in [0.2, 0.25) is 0 Å². The van der Waals surface area contributed by atoms with Crippen LogP contribution in [0, 0.1) is 0 Å². The van der Waals surface area contributed by atoms with Crippen LogP contribution in [0.5, 0.6) is 0 Å². The van der Waals surface area contributed by atoms with Gasteiger partial charge in [0.15, 0.2) is 10.9 Å². The number of amides is 2. The minimum Gasteiger partial charge on any atom is -0.459 e. The average molecular weight is 355 g/mol. The Morgan fingerprint density at radius 1 is 1.32 bits per heavy atom. The van der Waals surface area contributed by atoms with E-state index < -0.39 is 0 Å². The number of aromatic nitrogens is 3. The fourth-order valence-corrected chi connectivity index (χ4v) is 3.57. The zero-order chi connectivity index (χ0) is 17.2. The first kappa shape index (κ1) is 15.5. The van der Waals surface area contributed by atoms with Crippen molar-refractivity contribution in [3.8, 4) is 0 Å². The second-order valence-corrected chi connectivity index (χ2v) is 6.47. The molecule has 3 aromatic heterocycles. The Labute approximate surface area is 146 Å². The van der Waals surface area contributed by atoms with Crippen LogP contribution in [0.3, 0.4) is 0 Å². The maximum Gasteiger partial charge on any atom is 0.289 e. The van der Waals surface area contributed by atoms with Gasteiger partial charge in [0.1, 0.15) is 5.69 Å². The van der Waals surface area contributed by atoms with E-state index in [9.17, 15) is 9.59 Å². The molecule has 0 saturated carbocycles. The number of carbonyl (C=O) groups excluding carboxylic acids is 2. The lowest BCUT2D eigenvalue weighted by Gasteiger charge is -2.25. The number of nitrogens with one attached hydrogen (secondary N) is 1. The van der Waals surface area contributed by atoms with Gasteiger partial charge in [-0.3, -0.25) is 19.9 Å². The largest absolute Gasteiger partial charge is 0.459 e. The van der Waals surface area contributed by atoms with E-state index >= 15 is 0 Å². The van der Waals surface area contributed by atoms with Gasteiger partial charge in [-0.15, -0.1) is 0 Å². The van der Waals surface area contributed by atoms with Crippen molar-refractivity contribution in [1.82, 2.24) is 19.9 Å². The molecular formula is C16H13N5O3S. The van der Waals surface area contributed by atoms with Crippen LogP contribution in [0.1, 0.15) is 31.6 Å². The molecule has 9 heteroatoms. The lowest BCUT2D eigenvalue weighted by atomic mass is 10.1. The van der Waals surface area contributed by atoms with E-state index in [-0.39, 0.29) is 17.5 Å². The Morgan fingerprint density at radius 2 is 2.24 bits per heavy atom. The molecule has 1 N–H and O–H groups in total. The van der Waals surface area contributed by atoms with Crippen molar-refractivity contribution in [3.05, 3.63) is 59.0 Å². The first-order valence-electron chi connectivity index (χ1n) is 7.59. The molecule has 2 amide bonds. The summed E-state index contributed by atoms with van der Waals surface area (Å²) in [6, 6.07) is 3.34. The summed E-state index contributed by atoms with van der Waals surface area (Å²) in [5.74, 6) is -0.180. The number of fused-ring (bicyclic) bond motifs is 1. The Bertz CT molecular complexity index is 907. The molecule has 0 saturated heterocycles. The second kappa shape index (κ2) is 6.44. The Kier molecular flexibility index (Phi) is 3.98. The zero-order valence-electron chi connectivity index (χ0n) is 13.0. The van der Waals surface area contributed by atoms with E-state index in [2.05, 4.69) is 20.3 Å². The van der Waals surface area contributed by atoms with E-state index in [0.717, 1.165) is 10.6 Å². The van der Waals surface area contributed by atoms with E-state index in [1.165, 1.54) is 36.2 Å². The number of anilines is 1. The van der Waals surface area contributed by atoms with Gasteiger partial charge in [-0.25, -0.2) is 9.97 Å². The van der Waals surface area contributed by atoms with Gasteiger partial charge in [0.05, 0.1) is 24.7 Å². The third-order valence-corrected chi connectivity index (χ3v) is 4.76. The topological polar surface area (TPSA) is 101 Å². The lowest BCUT2D eigenvalue weighted by molar-refractivity contribution is 0.0704. The fourth-order valence-electron chi connectivity index (χ4n) is 2.56. The highest BCUT2D eigenvalue weighted by atomic mass is 32.1.